The van der Waals surface area contributed by atoms with E-state index in [4.69, 9.17) is 4.74 Å². The number of carbonyl (C=O) groups is 3. The molecule has 2 rings (SSSR count). The minimum atomic E-state index is -0.953. The molecule has 0 radical (unpaired) electrons. The Morgan fingerprint density at radius 3 is 2.52 bits per heavy atom. The molecular formula is C17H16F2O4. The zero-order chi connectivity index (χ0) is 17.1. The summed E-state index contributed by atoms with van der Waals surface area (Å²) in [7, 11) is 0. The van der Waals surface area contributed by atoms with Crippen LogP contribution >= 0.6 is 0 Å². The SMILES string of the molecule is CCOC(=O)C1CC(=O)C(C(=O)c2ccc(C)c(F)c2)=C(F)C1. The van der Waals surface area contributed by atoms with Crippen LogP contribution in [0.1, 0.15) is 35.7 Å². The zero-order valence-electron chi connectivity index (χ0n) is 12.8. The van der Waals surface area contributed by atoms with E-state index in [0.717, 1.165) is 6.07 Å². The topological polar surface area (TPSA) is 60.4 Å². The van der Waals surface area contributed by atoms with E-state index in [9.17, 15) is 23.2 Å². The van der Waals surface area contributed by atoms with E-state index >= 15 is 0 Å². The maximum Gasteiger partial charge on any atom is 0.309 e. The maximum atomic E-state index is 14.2. The Hall–Kier alpha value is -2.37. The monoisotopic (exact) mass is 322 g/mol. The Morgan fingerprint density at radius 1 is 1.26 bits per heavy atom. The molecule has 23 heavy (non-hydrogen) atoms. The van der Waals surface area contributed by atoms with Gasteiger partial charge in [-0.15, -0.1) is 0 Å². The second-order valence-corrected chi connectivity index (χ2v) is 5.35. The number of Topliss-reactive ketones (excluding diaryl/α,β-unsaturated/α-hetero) is 2. The highest BCUT2D eigenvalue weighted by molar-refractivity contribution is 6.27. The quantitative estimate of drug-likeness (QED) is 0.485. The van der Waals surface area contributed by atoms with Gasteiger partial charge in [0.05, 0.1) is 18.1 Å². The van der Waals surface area contributed by atoms with Crippen molar-refractivity contribution in [2.45, 2.75) is 26.7 Å². The molecule has 1 aliphatic rings. The summed E-state index contributed by atoms with van der Waals surface area (Å²) >= 11 is 0. The van der Waals surface area contributed by atoms with Gasteiger partial charge < -0.3 is 4.74 Å². The summed E-state index contributed by atoms with van der Waals surface area (Å²) in [5, 5.41) is 0. The molecular weight excluding hydrogens is 306 g/mol. The van der Waals surface area contributed by atoms with E-state index < -0.39 is 40.7 Å². The van der Waals surface area contributed by atoms with Crippen LogP contribution in [0.2, 0.25) is 0 Å². The van der Waals surface area contributed by atoms with Gasteiger partial charge in [0.2, 0.25) is 0 Å². The first kappa shape index (κ1) is 17.0. The lowest BCUT2D eigenvalue weighted by Gasteiger charge is -2.20. The summed E-state index contributed by atoms with van der Waals surface area (Å²) < 4.78 is 32.5. The Balaban J connectivity index is 2.29. The van der Waals surface area contributed by atoms with Crippen LogP contribution in [0, 0.1) is 18.7 Å². The van der Waals surface area contributed by atoms with Crippen LogP contribution in [-0.2, 0) is 14.3 Å². The van der Waals surface area contributed by atoms with Crippen molar-refractivity contribution in [1.82, 2.24) is 0 Å². The van der Waals surface area contributed by atoms with Gasteiger partial charge in [-0.25, -0.2) is 8.78 Å². The number of hydrogen-bond donors (Lipinski definition) is 0. The van der Waals surface area contributed by atoms with Gasteiger partial charge in [-0.05, 0) is 25.5 Å². The van der Waals surface area contributed by atoms with E-state index in [2.05, 4.69) is 0 Å². The fraction of sp³-hybridized carbons (Fsp3) is 0.353. The maximum absolute atomic E-state index is 14.2. The summed E-state index contributed by atoms with van der Waals surface area (Å²) in [5.41, 5.74) is -0.358. The fourth-order valence-electron chi connectivity index (χ4n) is 2.42. The van der Waals surface area contributed by atoms with Crippen LogP contribution in [0.25, 0.3) is 0 Å². The molecule has 1 atom stereocenters. The number of aryl methyl sites for hydroxylation is 1. The molecule has 1 aromatic rings. The smallest absolute Gasteiger partial charge is 0.309 e. The molecule has 0 spiro atoms. The van der Waals surface area contributed by atoms with Crippen molar-refractivity contribution in [3.63, 3.8) is 0 Å². The molecule has 0 N–H and O–H groups in total. The third kappa shape index (κ3) is 3.52. The minimum Gasteiger partial charge on any atom is -0.466 e. The van der Waals surface area contributed by atoms with Crippen molar-refractivity contribution in [2.24, 2.45) is 5.92 Å². The van der Waals surface area contributed by atoms with Crippen LogP contribution in [0.3, 0.4) is 0 Å². The number of ether oxygens (including phenoxy) is 1. The first-order valence-electron chi connectivity index (χ1n) is 7.24. The number of carbonyl (C=O) groups excluding carboxylic acids is 3. The molecule has 0 aliphatic heterocycles. The summed E-state index contributed by atoms with van der Waals surface area (Å²) in [6, 6.07) is 3.70. The molecule has 0 saturated heterocycles. The first-order valence-corrected chi connectivity index (χ1v) is 7.24. The number of hydrogen-bond acceptors (Lipinski definition) is 4. The van der Waals surface area contributed by atoms with Crippen molar-refractivity contribution < 1.29 is 27.9 Å². The number of halogens is 2. The van der Waals surface area contributed by atoms with Gasteiger partial charge in [0.1, 0.15) is 11.6 Å². The predicted molar refractivity (Wildman–Crippen MR) is 78.0 cm³/mol. The van der Waals surface area contributed by atoms with Gasteiger partial charge in [-0.1, -0.05) is 12.1 Å². The lowest BCUT2D eigenvalue weighted by atomic mass is 9.84. The Bertz CT molecular complexity index is 707. The molecule has 0 heterocycles. The van der Waals surface area contributed by atoms with Gasteiger partial charge in [0, 0.05) is 18.4 Å². The largest absolute Gasteiger partial charge is 0.466 e. The average molecular weight is 322 g/mol. The van der Waals surface area contributed by atoms with E-state index in [1.165, 1.54) is 19.1 Å². The summed E-state index contributed by atoms with van der Waals surface area (Å²) in [6.07, 6.45) is -0.651. The molecule has 0 saturated carbocycles. The second kappa shape index (κ2) is 6.81. The van der Waals surface area contributed by atoms with E-state index in [1.54, 1.807) is 6.92 Å². The van der Waals surface area contributed by atoms with Crippen molar-refractivity contribution in [3.8, 4) is 0 Å². The number of rotatable bonds is 4. The normalized spacial score (nSPS) is 18.1. The molecule has 0 aromatic heterocycles. The lowest BCUT2D eigenvalue weighted by molar-refractivity contribution is -0.149. The average Bonchev–Trinajstić information content (AvgIpc) is 2.49. The molecule has 0 fully saturated rings. The fourth-order valence-corrected chi connectivity index (χ4v) is 2.42. The number of benzene rings is 1. The molecule has 1 unspecified atom stereocenters. The first-order chi connectivity index (χ1) is 10.8. The highest BCUT2D eigenvalue weighted by Crippen LogP contribution is 2.31. The van der Waals surface area contributed by atoms with Gasteiger partial charge >= 0.3 is 5.97 Å². The van der Waals surface area contributed by atoms with Crippen molar-refractivity contribution in [3.05, 3.63) is 46.5 Å². The lowest BCUT2D eigenvalue weighted by Crippen LogP contribution is -2.29. The Labute approximate surface area is 132 Å². The van der Waals surface area contributed by atoms with E-state index in [-0.39, 0.29) is 25.0 Å². The zero-order valence-corrected chi connectivity index (χ0v) is 12.8. The number of ketones is 2. The number of allylic oxidation sites excluding steroid dienone is 2. The van der Waals surface area contributed by atoms with E-state index in [0.29, 0.717) is 5.56 Å². The number of esters is 1. The predicted octanol–water partition coefficient (Wildman–Crippen LogP) is 3.08. The van der Waals surface area contributed by atoms with Crippen molar-refractivity contribution in [1.29, 1.82) is 0 Å². The third-order valence-corrected chi connectivity index (χ3v) is 3.69. The van der Waals surface area contributed by atoms with Crippen LogP contribution in [-0.4, -0.2) is 24.1 Å². The van der Waals surface area contributed by atoms with Gasteiger partial charge in [-0.2, -0.15) is 0 Å². The van der Waals surface area contributed by atoms with Crippen LogP contribution < -0.4 is 0 Å². The molecule has 0 amide bonds. The Morgan fingerprint density at radius 2 is 1.96 bits per heavy atom. The van der Waals surface area contributed by atoms with Crippen molar-refractivity contribution >= 4 is 17.5 Å². The molecule has 1 aromatic carbocycles. The summed E-state index contributed by atoms with van der Waals surface area (Å²) in [6.45, 7) is 3.26. The second-order valence-electron chi connectivity index (χ2n) is 5.35. The highest BCUT2D eigenvalue weighted by atomic mass is 19.1. The van der Waals surface area contributed by atoms with Crippen LogP contribution in [0.5, 0.6) is 0 Å². The van der Waals surface area contributed by atoms with Gasteiger partial charge in [0.15, 0.2) is 11.6 Å². The van der Waals surface area contributed by atoms with Gasteiger partial charge in [-0.3, -0.25) is 14.4 Å². The summed E-state index contributed by atoms with van der Waals surface area (Å²) in [4.78, 5) is 36.0. The standard InChI is InChI=1S/C17H16F2O4/c1-3-23-17(22)11-7-13(19)15(14(20)8-11)16(21)10-5-4-9(2)12(18)6-10/h4-6,11H,3,7-8H2,1-2H3. The molecule has 4 nitrogen and oxygen atoms in total. The Kier molecular flexibility index (Phi) is 5.03. The summed E-state index contributed by atoms with van der Waals surface area (Å²) in [5.74, 6) is -4.78. The highest BCUT2D eigenvalue weighted by Gasteiger charge is 2.36. The van der Waals surface area contributed by atoms with Crippen LogP contribution in [0.4, 0.5) is 8.78 Å². The van der Waals surface area contributed by atoms with Crippen molar-refractivity contribution in [2.75, 3.05) is 6.61 Å². The molecule has 0 bridgehead atoms. The molecule has 1 aliphatic carbocycles. The minimum absolute atomic E-state index is 0.0961. The third-order valence-electron chi connectivity index (χ3n) is 3.69. The van der Waals surface area contributed by atoms with Crippen LogP contribution in [0.15, 0.2) is 29.6 Å². The van der Waals surface area contributed by atoms with E-state index in [1.807, 2.05) is 0 Å². The molecule has 6 heteroatoms. The van der Waals surface area contributed by atoms with Gasteiger partial charge in [0.25, 0.3) is 0 Å². The molecule has 122 valence electrons.